The number of nitrogens with zero attached hydrogens (tertiary/aromatic N) is 3. The number of piperidine rings is 1. The number of esters is 1. The van der Waals surface area contributed by atoms with E-state index in [1.807, 2.05) is 31.2 Å². The number of aromatic nitrogens is 1. The molecule has 2 aromatic carbocycles. The Morgan fingerprint density at radius 2 is 1.86 bits per heavy atom. The lowest BCUT2D eigenvalue weighted by Gasteiger charge is -2.31. The fourth-order valence-electron chi connectivity index (χ4n) is 3.98. The summed E-state index contributed by atoms with van der Waals surface area (Å²) in [6.07, 6.45) is 1.30. The largest absolute Gasteiger partial charge is 0.459 e. The third-order valence-corrected chi connectivity index (χ3v) is 6.71. The first-order valence-corrected chi connectivity index (χ1v) is 12.2. The summed E-state index contributed by atoms with van der Waals surface area (Å²) >= 11 is 1.30. The SMILES string of the molecule is CC(=O)N(c1ccc(C)cc1)c1nc(COC(=O)[C@H]2CCCN(C(=O)c3ccc(F)cc3)C2)cs1. The van der Waals surface area contributed by atoms with Gasteiger partial charge in [-0.2, -0.15) is 0 Å². The minimum absolute atomic E-state index is 0.0165. The molecule has 0 unspecified atom stereocenters. The number of halogens is 1. The Morgan fingerprint density at radius 1 is 1.14 bits per heavy atom. The van der Waals surface area contributed by atoms with Gasteiger partial charge in [0.25, 0.3) is 5.91 Å². The summed E-state index contributed by atoms with van der Waals surface area (Å²) in [5.41, 5.74) is 2.74. The summed E-state index contributed by atoms with van der Waals surface area (Å²) in [5.74, 6) is -1.63. The highest BCUT2D eigenvalue weighted by Gasteiger charge is 2.30. The van der Waals surface area contributed by atoms with Crippen molar-refractivity contribution in [1.82, 2.24) is 9.88 Å². The molecule has 1 aromatic heterocycles. The van der Waals surface area contributed by atoms with E-state index in [4.69, 9.17) is 4.74 Å². The molecule has 3 aromatic rings. The number of ether oxygens (including phenoxy) is 1. The number of thiazole rings is 1. The summed E-state index contributed by atoms with van der Waals surface area (Å²) in [5, 5.41) is 2.26. The van der Waals surface area contributed by atoms with Crippen molar-refractivity contribution in [2.45, 2.75) is 33.3 Å². The van der Waals surface area contributed by atoms with Gasteiger partial charge in [-0.1, -0.05) is 17.7 Å². The van der Waals surface area contributed by atoms with Crippen molar-refractivity contribution in [3.8, 4) is 0 Å². The quantitative estimate of drug-likeness (QED) is 0.456. The Bertz CT molecular complexity index is 1210. The molecule has 1 aliphatic rings. The molecule has 0 radical (unpaired) electrons. The number of anilines is 2. The van der Waals surface area contributed by atoms with Crippen LogP contribution >= 0.6 is 11.3 Å². The first-order chi connectivity index (χ1) is 16.8. The molecule has 4 rings (SSSR count). The molecule has 0 saturated carbocycles. The van der Waals surface area contributed by atoms with Crippen molar-refractivity contribution in [3.05, 3.63) is 76.5 Å². The Labute approximate surface area is 207 Å². The number of likely N-dealkylation sites (tertiary alicyclic amines) is 1. The lowest BCUT2D eigenvalue weighted by atomic mass is 9.97. The third-order valence-electron chi connectivity index (χ3n) is 5.83. The fourth-order valence-corrected chi connectivity index (χ4v) is 4.85. The van der Waals surface area contributed by atoms with E-state index in [1.165, 1.54) is 47.4 Å². The lowest BCUT2D eigenvalue weighted by molar-refractivity contribution is -0.151. The van der Waals surface area contributed by atoms with Crippen LogP contribution in [0.25, 0.3) is 0 Å². The minimum Gasteiger partial charge on any atom is -0.459 e. The molecular weight excluding hydrogens is 469 g/mol. The van der Waals surface area contributed by atoms with Gasteiger partial charge in [-0.05, 0) is 56.2 Å². The lowest BCUT2D eigenvalue weighted by Crippen LogP contribution is -2.42. The fraction of sp³-hybridized carbons (Fsp3) is 0.308. The topological polar surface area (TPSA) is 79.8 Å². The van der Waals surface area contributed by atoms with Gasteiger partial charge in [0.1, 0.15) is 12.4 Å². The van der Waals surface area contributed by atoms with Gasteiger partial charge in [-0.25, -0.2) is 9.37 Å². The molecule has 0 bridgehead atoms. The normalized spacial score (nSPS) is 15.5. The third kappa shape index (κ3) is 5.92. The Kier molecular flexibility index (Phi) is 7.55. The van der Waals surface area contributed by atoms with Gasteiger partial charge >= 0.3 is 5.97 Å². The number of carbonyl (C=O) groups is 3. The Balaban J connectivity index is 1.36. The van der Waals surface area contributed by atoms with Crippen LogP contribution in [-0.2, 0) is 20.9 Å². The van der Waals surface area contributed by atoms with E-state index in [-0.39, 0.29) is 25.0 Å². The Morgan fingerprint density at radius 3 is 2.54 bits per heavy atom. The number of aryl methyl sites for hydroxylation is 1. The van der Waals surface area contributed by atoms with Crippen molar-refractivity contribution in [3.63, 3.8) is 0 Å². The zero-order chi connectivity index (χ0) is 24.9. The predicted octanol–water partition coefficient (Wildman–Crippen LogP) is 4.87. The molecule has 7 nitrogen and oxygen atoms in total. The number of rotatable bonds is 6. The van der Waals surface area contributed by atoms with Gasteiger partial charge in [-0.15, -0.1) is 11.3 Å². The smallest absolute Gasteiger partial charge is 0.311 e. The second-order valence-electron chi connectivity index (χ2n) is 8.52. The maximum atomic E-state index is 13.2. The predicted molar refractivity (Wildman–Crippen MR) is 131 cm³/mol. The van der Waals surface area contributed by atoms with Gasteiger partial charge in [0.15, 0.2) is 5.13 Å². The zero-order valence-corrected chi connectivity index (χ0v) is 20.4. The number of amides is 2. The van der Waals surface area contributed by atoms with Crippen LogP contribution in [0.1, 0.15) is 41.4 Å². The number of benzene rings is 2. The molecule has 9 heteroatoms. The summed E-state index contributed by atoms with van der Waals surface area (Å²) in [7, 11) is 0. The monoisotopic (exact) mass is 495 g/mol. The summed E-state index contributed by atoms with van der Waals surface area (Å²) in [6, 6.07) is 13.0. The van der Waals surface area contributed by atoms with Gasteiger partial charge in [0.05, 0.1) is 17.3 Å². The van der Waals surface area contributed by atoms with Gasteiger partial charge in [-0.3, -0.25) is 19.3 Å². The summed E-state index contributed by atoms with van der Waals surface area (Å²) in [4.78, 5) is 45.3. The van der Waals surface area contributed by atoms with E-state index in [0.29, 0.717) is 41.5 Å². The maximum Gasteiger partial charge on any atom is 0.311 e. The van der Waals surface area contributed by atoms with E-state index in [0.717, 1.165) is 5.56 Å². The first kappa shape index (κ1) is 24.5. The second kappa shape index (κ2) is 10.8. The standard InChI is InChI=1S/C26H26FN3O4S/c1-17-5-11-23(12-6-17)30(18(2)31)26-28-22(16-35-26)15-34-25(33)20-4-3-13-29(14-20)24(32)19-7-9-21(27)10-8-19/h5-12,16,20H,3-4,13-15H2,1-2H3/t20-/m0/s1. The van der Waals surface area contributed by atoms with Crippen LogP contribution in [0.3, 0.4) is 0 Å². The molecule has 182 valence electrons. The van der Waals surface area contributed by atoms with Crippen LogP contribution < -0.4 is 4.90 Å². The highest BCUT2D eigenvalue weighted by molar-refractivity contribution is 7.14. The van der Waals surface area contributed by atoms with E-state index in [2.05, 4.69) is 4.98 Å². The van der Waals surface area contributed by atoms with Crippen LogP contribution in [0.5, 0.6) is 0 Å². The van der Waals surface area contributed by atoms with Crippen LogP contribution in [0.15, 0.2) is 53.9 Å². The average Bonchev–Trinajstić information content (AvgIpc) is 3.32. The number of carbonyl (C=O) groups excluding carboxylic acids is 3. The summed E-state index contributed by atoms with van der Waals surface area (Å²) < 4.78 is 18.7. The van der Waals surface area contributed by atoms with Crippen LogP contribution in [0.4, 0.5) is 15.2 Å². The van der Waals surface area contributed by atoms with Crippen molar-refractivity contribution >= 4 is 39.9 Å². The number of hydrogen-bond acceptors (Lipinski definition) is 6. The van der Waals surface area contributed by atoms with Crippen LogP contribution in [-0.4, -0.2) is 40.8 Å². The second-order valence-corrected chi connectivity index (χ2v) is 9.35. The molecular formula is C26H26FN3O4S. The maximum absolute atomic E-state index is 13.2. The molecule has 1 saturated heterocycles. The molecule has 1 fully saturated rings. The average molecular weight is 496 g/mol. The zero-order valence-electron chi connectivity index (χ0n) is 19.6. The van der Waals surface area contributed by atoms with E-state index < -0.39 is 17.7 Å². The minimum atomic E-state index is -0.437. The highest BCUT2D eigenvalue weighted by Crippen LogP contribution is 2.29. The van der Waals surface area contributed by atoms with E-state index in [1.54, 1.807) is 10.3 Å². The molecule has 0 spiro atoms. The first-order valence-electron chi connectivity index (χ1n) is 11.3. The summed E-state index contributed by atoms with van der Waals surface area (Å²) in [6.45, 7) is 4.22. The van der Waals surface area contributed by atoms with E-state index >= 15 is 0 Å². The number of hydrogen-bond donors (Lipinski definition) is 0. The van der Waals surface area contributed by atoms with Crippen molar-refractivity contribution in [1.29, 1.82) is 0 Å². The molecule has 0 aliphatic carbocycles. The molecule has 1 atom stereocenters. The highest BCUT2D eigenvalue weighted by atomic mass is 32.1. The van der Waals surface area contributed by atoms with Gasteiger partial charge in [0, 0.05) is 31.0 Å². The van der Waals surface area contributed by atoms with Crippen LogP contribution in [0, 0.1) is 18.7 Å². The van der Waals surface area contributed by atoms with Crippen LogP contribution in [0.2, 0.25) is 0 Å². The van der Waals surface area contributed by atoms with Crippen molar-refractivity contribution in [2.75, 3.05) is 18.0 Å². The van der Waals surface area contributed by atoms with Gasteiger partial charge < -0.3 is 9.64 Å². The van der Waals surface area contributed by atoms with Crippen molar-refractivity contribution in [2.24, 2.45) is 5.92 Å². The molecule has 1 aliphatic heterocycles. The molecule has 0 N–H and O–H groups in total. The molecule has 35 heavy (non-hydrogen) atoms. The molecule has 2 amide bonds. The van der Waals surface area contributed by atoms with Crippen molar-refractivity contribution < 1.29 is 23.5 Å². The van der Waals surface area contributed by atoms with E-state index in [9.17, 15) is 18.8 Å². The Hall–Kier alpha value is -3.59. The molecule has 2 heterocycles. The van der Waals surface area contributed by atoms with Gasteiger partial charge in [0.2, 0.25) is 5.91 Å².